The lowest BCUT2D eigenvalue weighted by Gasteiger charge is -2.15. The number of rotatable bonds is 10. The molecule has 0 bridgehead atoms. The fraction of sp³-hybridized carbons (Fsp3) is 0.579. The van der Waals surface area contributed by atoms with Crippen LogP contribution in [0.2, 0.25) is 0 Å². The molecule has 0 aliphatic heterocycles. The highest BCUT2D eigenvalue weighted by atomic mass is 127. The maximum absolute atomic E-state index is 11.6. The number of guanidine groups is 1. The molecule has 2 N–H and O–H groups in total. The SMILES string of the molecule is CCNC(=NCC(C)COCc1ccccc1)NCCC(=O)N(C)C.I. The maximum atomic E-state index is 11.6. The van der Waals surface area contributed by atoms with Crippen LogP contribution >= 0.6 is 24.0 Å². The van der Waals surface area contributed by atoms with Crippen LogP contribution in [0.25, 0.3) is 0 Å². The summed E-state index contributed by atoms with van der Waals surface area (Å²) in [4.78, 5) is 17.8. The average molecular weight is 476 g/mol. The molecule has 0 aliphatic rings. The second kappa shape index (κ2) is 14.8. The van der Waals surface area contributed by atoms with Gasteiger partial charge in [0.05, 0.1) is 13.2 Å². The van der Waals surface area contributed by atoms with Gasteiger partial charge in [0.15, 0.2) is 5.96 Å². The summed E-state index contributed by atoms with van der Waals surface area (Å²) in [6.45, 7) is 7.46. The molecule has 1 amide bonds. The van der Waals surface area contributed by atoms with E-state index in [1.54, 1.807) is 19.0 Å². The van der Waals surface area contributed by atoms with E-state index in [-0.39, 0.29) is 29.9 Å². The van der Waals surface area contributed by atoms with E-state index >= 15 is 0 Å². The van der Waals surface area contributed by atoms with Crippen molar-refractivity contribution < 1.29 is 9.53 Å². The van der Waals surface area contributed by atoms with Gasteiger partial charge in [-0.3, -0.25) is 9.79 Å². The second-order valence-corrected chi connectivity index (χ2v) is 6.29. The molecular formula is C19H33IN4O2. The van der Waals surface area contributed by atoms with E-state index < -0.39 is 0 Å². The lowest BCUT2D eigenvalue weighted by atomic mass is 10.2. The van der Waals surface area contributed by atoms with Crippen LogP contribution < -0.4 is 10.6 Å². The zero-order valence-corrected chi connectivity index (χ0v) is 18.7. The molecule has 148 valence electrons. The Morgan fingerprint density at radius 2 is 1.92 bits per heavy atom. The smallest absolute Gasteiger partial charge is 0.223 e. The summed E-state index contributed by atoms with van der Waals surface area (Å²) in [5, 5.41) is 6.39. The van der Waals surface area contributed by atoms with E-state index in [1.807, 2.05) is 25.1 Å². The van der Waals surface area contributed by atoms with Gasteiger partial charge in [0.25, 0.3) is 0 Å². The van der Waals surface area contributed by atoms with E-state index in [4.69, 9.17) is 4.74 Å². The van der Waals surface area contributed by atoms with E-state index in [0.29, 0.717) is 38.6 Å². The third kappa shape index (κ3) is 11.3. The number of halogens is 1. The van der Waals surface area contributed by atoms with Crippen LogP contribution in [-0.4, -0.2) is 57.1 Å². The van der Waals surface area contributed by atoms with Crippen molar-refractivity contribution in [2.24, 2.45) is 10.9 Å². The first-order valence-electron chi connectivity index (χ1n) is 8.87. The molecular weight excluding hydrogens is 443 g/mol. The Hall–Kier alpha value is -1.35. The molecule has 1 aromatic carbocycles. The molecule has 6 nitrogen and oxygen atoms in total. The molecule has 0 saturated heterocycles. The van der Waals surface area contributed by atoms with Crippen molar-refractivity contribution in [2.45, 2.75) is 26.9 Å². The van der Waals surface area contributed by atoms with Gasteiger partial charge in [-0.15, -0.1) is 24.0 Å². The van der Waals surface area contributed by atoms with Crippen molar-refractivity contribution in [3.8, 4) is 0 Å². The van der Waals surface area contributed by atoms with Crippen molar-refractivity contribution in [3.05, 3.63) is 35.9 Å². The third-order valence-electron chi connectivity index (χ3n) is 3.55. The minimum atomic E-state index is 0. The van der Waals surface area contributed by atoms with Gasteiger partial charge in [-0.25, -0.2) is 0 Å². The van der Waals surface area contributed by atoms with E-state index in [1.165, 1.54) is 5.56 Å². The largest absolute Gasteiger partial charge is 0.376 e. The van der Waals surface area contributed by atoms with Gasteiger partial charge in [-0.1, -0.05) is 37.3 Å². The fourth-order valence-electron chi connectivity index (χ4n) is 2.11. The highest BCUT2D eigenvalue weighted by Crippen LogP contribution is 2.03. The summed E-state index contributed by atoms with van der Waals surface area (Å²) in [5.74, 6) is 1.16. The summed E-state index contributed by atoms with van der Waals surface area (Å²) in [5.41, 5.74) is 1.18. The van der Waals surface area contributed by atoms with Crippen LogP contribution in [-0.2, 0) is 16.1 Å². The van der Waals surface area contributed by atoms with Crippen LogP contribution in [0.1, 0.15) is 25.8 Å². The minimum absolute atomic E-state index is 0. The van der Waals surface area contributed by atoms with E-state index in [2.05, 4.69) is 34.7 Å². The predicted molar refractivity (Wildman–Crippen MR) is 118 cm³/mol. The molecule has 0 fully saturated rings. The Morgan fingerprint density at radius 1 is 1.23 bits per heavy atom. The van der Waals surface area contributed by atoms with E-state index in [9.17, 15) is 4.79 Å². The Balaban J connectivity index is 0.00000625. The highest BCUT2D eigenvalue weighted by molar-refractivity contribution is 14.0. The maximum Gasteiger partial charge on any atom is 0.223 e. The number of hydrogen-bond donors (Lipinski definition) is 2. The van der Waals surface area contributed by atoms with Crippen LogP contribution in [0.5, 0.6) is 0 Å². The summed E-state index contributed by atoms with van der Waals surface area (Å²) in [6, 6.07) is 10.2. The molecule has 0 saturated carbocycles. The standard InChI is InChI=1S/C19H32N4O2.HI/c1-5-20-19(21-12-11-18(24)23(3)4)22-13-16(2)14-25-15-17-9-7-6-8-10-17;/h6-10,16H,5,11-15H2,1-4H3,(H2,20,21,22);1H. The summed E-state index contributed by atoms with van der Waals surface area (Å²) in [6.07, 6.45) is 0.452. The lowest BCUT2D eigenvalue weighted by molar-refractivity contribution is -0.128. The van der Waals surface area contributed by atoms with Gasteiger partial charge >= 0.3 is 0 Å². The van der Waals surface area contributed by atoms with Crippen molar-refractivity contribution >= 4 is 35.8 Å². The zero-order chi connectivity index (χ0) is 18.5. The summed E-state index contributed by atoms with van der Waals surface area (Å²) < 4.78 is 5.75. The molecule has 26 heavy (non-hydrogen) atoms. The first kappa shape index (κ1) is 24.7. The monoisotopic (exact) mass is 476 g/mol. The third-order valence-corrected chi connectivity index (χ3v) is 3.55. The summed E-state index contributed by atoms with van der Waals surface area (Å²) in [7, 11) is 3.53. The molecule has 0 heterocycles. The van der Waals surface area contributed by atoms with Gasteiger partial charge in [-0.05, 0) is 18.4 Å². The molecule has 1 rings (SSSR count). The molecule has 7 heteroatoms. The normalized spacial score (nSPS) is 12.1. The molecule has 0 spiro atoms. The predicted octanol–water partition coefficient (Wildman–Crippen LogP) is 2.49. The Bertz CT molecular complexity index is 524. The first-order chi connectivity index (χ1) is 12.0. The van der Waals surface area contributed by atoms with Crippen LogP contribution in [0.3, 0.4) is 0 Å². The average Bonchev–Trinajstić information content (AvgIpc) is 2.60. The number of carbonyl (C=O) groups excluding carboxylic acids is 1. The van der Waals surface area contributed by atoms with Crippen LogP contribution in [0.15, 0.2) is 35.3 Å². The van der Waals surface area contributed by atoms with Gasteiger partial charge < -0.3 is 20.3 Å². The van der Waals surface area contributed by atoms with Crippen molar-refractivity contribution in [2.75, 3.05) is 40.3 Å². The quantitative estimate of drug-likeness (QED) is 0.310. The molecule has 0 aromatic heterocycles. The number of ether oxygens (including phenoxy) is 1. The van der Waals surface area contributed by atoms with Crippen molar-refractivity contribution in [3.63, 3.8) is 0 Å². The number of nitrogens with one attached hydrogen (secondary N) is 2. The Kier molecular flexibility index (Phi) is 14.0. The van der Waals surface area contributed by atoms with Crippen LogP contribution in [0, 0.1) is 5.92 Å². The molecule has 1 aromatic rings. The fourth-order valence-corrected chi connectivity index (χ4v) is 2.11. The number of nitrogens with zero attached hydrogens (tertiary/aromatic N) is 2. The van der Waals surface area contributed by atoms with Crippen molar-refractivity contribution in [1.82, 2.24) is 15.5 Å². The van der Waals surface area contributed by atoms with Crippen molar-refractivity contribution in [1.29, 1.82) is 0 Å². The number of hydrogen-bond acceptors (Lipinski definition) is 3. The minimum Gasteiger partial charge on any atom is -0.376 e. The topological polar surface area (TPSA) is 66.0 Å². The van der Waals surface area contributed by atoms with Gasteiger partial charge in [-0.2, -0.15) is 0 Å². The second-order valence-electron chi connectivity index (χ2n) is 6.29. The number of amides is 1. The first-order valence-corrected chi connectivity index (χ1v) is 8.87. The number of benzene rings is 1. The van der Waals surface area contributed by atoms with Gasteiger partial charge in [0.1, 0.15) is 0 Å². The van der Waals surface area contributed by atoms with Gasteiger partial charge in [0, 0.05) is 40.2 Å². The Morgan fingerprint density at radius 3 is 2.54 bits per heavy atom. The van der Waals surface area contributed by atoms with E-state index in [0.717, 1.165) is 12.5 Å². The number of carbonyl (C=O) groups is 1. The molecule has 0 aliphatic carbocycles. The van der Waals surface area contributed by atoms with Gasteiger partial charge in [0.2, 0.25) is 5.91 Å². The molecule has 1 unspecified atom stereocenters. The van der Waals surface area contributed by atoms with Crippen LogP contribution in [0.4, 0.5) is 0 Å². The number of aliphatic imine (C=N–C) groups is 1. The molecule has 1 atom stereocenters. The lowest BCUT2D eigenvalue weighted by Crippen LogP contribution is -2.39. The Labute approximate surface area is 174 Å². The summed E-state index contributed by atoms with van der Waals surface area (Å²) >= 11 is 0. The highest BCUT2D eigenvalue weighted by Gasteiger charge is 2.06. The zero-order valence-electron chi connectivity index (χ0n) is 16.3. The molecule has 0 radical (unpaired) electrons.